The molecule has 0 fully saturated rings. The van der Waals surface area contributed by atoms with E-state index >= 15 is 0 Å². The van der Waals surface area contributed by atoms with Crippen molar-refractivity contribution in [2.45, 2.75) is 0 Å². The van der Waals surface area contributed by atoms with Crippen molar-refractivity contribution in [2.24, 2.45) is 0 Å². The van der Waals surface area contributed by atoms with Crippen LogP contribution < -0.4 is 10.5 Å². The summed E-state index contributed by atoms with van der Waals surface area (Å²) in [6, 6.07) is 8.12. The molecule has 100 valence electrons. The summed E-state index contributed by atoms with van der Waals surface area (Å²) in [5.74, 6) is 0.818. The Hall–Kier alpha value is -1.81. The van der Waals surface area contributed by atoms with E-state index in [-0.39, 0.29) is 0 Å². The molecule has 0 unspecified atom stereocenters. The lowest BCUT2D eigenvalue weighted by atomic mass is 10.1. The SMILES string of the molecule is COc1ccsc1-c1sc(C#N)c(N)c1-c1cccs1. The lowest BCUT2D eigenvalue weighted by Crippen LogP contribution is -1.88. The Morgan fingerprint density at radius 1 is 1.20 bits per heavy atom. The van der Waals surface area contributed by atoms with Crippen LogP contribution in [-0.4, -0.2) is 7.11 Å². The Morgan fingerprint density at radius 3 is 2.70 bits per heavy atom. The first kappa shape index (κ1) is 13.2. The van der Waals surface area contributed by atoms with E-state index in [1.165, 1.54) is 11.3 Å². The molecule has 3 nitrogen and oxygen atoms in total. The van der Waals surface area contributed by atoms with Gasteiger partial charge in [0.05, 0.1) is 22.6 Å². The maximum absolute atomic E-state index is 9.23. The second-order valence-corrected chi connectivity index (χ2v) is 6.84. The molecule has 3 heterocycles. The molecule has 0 radical (unpaired) electrons. The second-order valence-electron chi connectivity index (χ2n) is 3.96. The zero-order valence-electron chi connectivity index (χ0n) is 10.5. The van der Waals surface area contributed by atoms with Gasteiger partial charge in [-0.3, -0.25) is 0 Å². The fourth-order valence-electron chi connectivity index (χ4n) is 1.98. The highest BCUT2D eigenvalue weighted by Gasteiger charge is 2.22. The first-order valence-corrected chi connectivity index (χ1v) is 8.32. The summed E-state index contributed by atoms with van der Waals surface area (Å²) < 4.78 is 5.39. The molecule has 0 bridgehead atoms. The van der Waals surface area contributed by atoms with E-state index in [9.17, 15) is 5.26 Å². The molecular formula is C14H10N2OS3. The number of anilines is 1. The van der Waals surface area contributed by atoms with Crippen molar-refractivity contribution < 1.29 is 4.74 Å². The van der Waals surface area contributed by atoms with Crippen LogP contribution in [0.3, 0.4) is 0 Å². The van der Waals surface area contributed by atoms with Crippen LogP contribution in [0.25, 0.3) is 20.2 Å². The second kappa shape index (κ2) is 5.29. The molecule has 0 aliphatic heterocycles. The average Bonchev–Trinajstić information content (AvgIpc) is 3.16. The molecule has 3 aromatic rings. The molecule has 0 atom stereocenters. The Labute approximate surface area is 128 Å². The fourth-order valence-corrected chi connectivity index (χ4v) is 4.88. The average molecular weight is 318 g/mol. The van der Waals surface area contributed by atoms with Gasteiger partial charge in [0.15, 0.2) is 0 Å². The highest BCUT2D eigenvalue weighted by atomic mass is 32.1. The number of rotatable bonds is 3. The quantitative estimate of drug-likeness (QED) is 0.763. The van der Waals surface area contributed by atoms with Crippen molar-refractivity contribution in [1.29, 1.82) is 5.26 Å². The molecule has 0 saturated carbocycles. The minimum absolute atomic E-state index is 0.554. The molecular weight excluding hydrogens is 308 g/mol. The van der Waals surface area contributed by atoms with Crippen LogP contribution in [0.1, 0.15) is 4.88 Å². The predicted octanol–water partition coefficient (Wildman–Crippen LogP) is 4.67. The smallest absolute Gasteiger partial charge is 0.138 e. The zero-order chi connectivity index (χ0) is 14.1. The van der Waals surface area contributed by atoms with Crippen molar-refractivity contribution >= 4 is 39.7 Å². The maximum atomic E-state index is 9.23. The van der Waals surface area contributed by atoms with E-state index < -0.39 is 0 Å². The van der Waals surface area contributed by atoms with Crippen LogP contribution in [0.5, 0.6) is 5.75 Å². The summed E-state index contributed by atoms with van der Waals surface area (Å²) in [7, 11) is 1.65. The van der Waals surface area contributed by atoms with Gasteiger partial charge in [-0.15, -0.1) is 34.0 Å². The van der Waals surface area contributed by atoms with E-state index in [2.05, 4.69) is 6.07 Å². The van der Waals surface area contributed by atoms with Gasteiger partial charge in [-0.2, -0.15) is 5.26 Å². The molecule has 3 aromatic heterocycles. The number of nitriles is 1. The van der Waals surface area contributed by atoms with Crippen LogP contribution >= 0.6 is 34.0 Å². The van der Waals surface area contributed by atoms with Gasteiger partial charge in [-0.05, 0) is 22.9 Å². The normalized spacial score (nSPS) is 10.4. The highest BCUT2D eigenvalue weighted by molar-refractivity contribution is 7.23. The first-order chi connectivity index (χ1) is 9.76. The number of nitrogens with two attached hydrogens (primary N) is 1. The van der Waals surface area contributed by atoms with Crippen molar-refractivity contribution in [3.63, 3.8) is 0 Å². The standard InChI is InChI=1S/C14H10N2OS3/c1-17-8-4-6-19-13(8)14-11(9-3-2-5-18-9)12(16)10(7-15)20-14/h2-6H,16H2,1H3. The zero-order valence-corrected chi connectivity index (χ0v) is 13.0. The number of thiophene rings is 3. The third-order valence-corrected chi connectivity index (χ3v) is 5.93. The Morgan fingerprint density at radius 2 is 2.05 bits per heavy atom. The van der Waals surface area contributed by atoms with Gasteiger partial charge < -0.3 is 10.5 Å². The minimum atomic E-state index is 0.554. The predicted molar refractivity (Wildman–Crippen MR) is 86.6 cm³/mol. The molecule has 0 aromatic carbocycles. The highest BCUT2D eigenvalue weighted by Crippen LogP contribution is 2.50. The van der Waals surface area contributed by atoms with Crippen molar-refractivity contribution in [2.75, 3.05) is 12.8 Å². The van der Waals surface area contributed by atoms with Crippen LogP contribution in [0, 0.1) is 11.3 Å². The Balaban J connectivity index is 2.29. The van der Waals surface area contributed by atoms with Crippen LogP contribution in [0.2, 0.25) is 0 Å². The number of nitrogens with zero attached hydrogens (tertiary/aromatic N) is 1. The minimum Gasteiger partial charge on any atom is -0.495 e. The van der Waals surface area contributed by atoms with Crippen molar-refractivity contribution in [3.8, 4) is 32.0 Å². The van der Waals surface area contributed by atoms with Crippen molar-refractivity contribution in [3.05, 3.63) is 33.8 Å². The van der Waals surface area contributed by atoms with Gasteiger partial charge in [0.25, 0.3) is 0 Å². The molecule has 0 spiro atoms. The van der Waals surface area contributed by atoms with Gasteiger partial charge >= 0.3 is 0 Å². The third-order valence-electron chi connectivity index (χ3n) is 2.87. The number of ether oxygens (including phenoxy) is 1. The van der Waals surface area contributed by atoms with E-state index in [1.54, 1.807) is 29.8 Å². The van der Waals surface area contributed by atoms with E-state index in [1.807, 2.05) is 29.0 Å². The Bertz CT molecular complexity index is 778. The van der Waals surface area contributed by atoms with Gasteiger partial charge in [0.2, 0.25) is 0 Å². The Kier molecular flexibility index (Phi) is 3.49. The van der Waals surface area contributed by atoms with Gasteiger partial charge in [-0.1, -0.05) is 6.07 Å². The lowest BCUT2D eigenvalue weighted by molar-refractivity contribution is 0.418. The number of hydrogen-bond donors (Lipinski definition) is 1. The molecule has 0 amide bonds. The van der Waals surface area contributed by atoms with Crippen LogP contribution in [-0.2, 0) is 0 Å². The summed E-state index contributed by atoms with van der Waals surface area (Å²) >= 11 is 4.64. The topological polar surface area (TPSA) is 59.0 Å². The molecule has 6 heteroatoms. The van der Waals surface area contributed by atoms with Gasteiger partial charge in [0.1, 0.15) is 16.7 Å². The molecule has 0 aliphatic rings. The lowest BCUT2D eigenvalue weighted by Gasteiger charge is -2.04. The largest absolute Gasteiger partial charge is 0.495 e. The number of hydrogen-bond acceptors (Lipinski definition) is 6. The van der Waals surface area contributed by atoms with E-state index in [0.29, 0.717) is 10.6 Å². The third kappa shape index (κ3) is 2.00. The first-order valence-electron chi connectivity index (χ1n) is 5.74. The van der Waals surface area contributed by atoms with E-state index in [0.717, 1.165) is 25.9 Å². The summed E-state index contributed by atoms with van der Waals surface area (Å²) in [6.45, 7) is 0. The van der Waals surface area contributed by atoms with Crippen LogP contribution in [0.15, 0.2) is 29.0 Å². The molecule has 0 saturated heterocycles. The molecule has 0 aliphatic carbocycles. The van der Waals surface area contributed by atoms with E-state index in [4.69, 9.17) is 10.5 Å². The number of nitrogen functional groups attached to an aromatic ring is 1. The summed E-state index contributed by atoms with van der Waals surface area (Å²) in [5.41, 5.74) is 7.67. The number of methoxy groups -OCH3 is 1. The van der Waals surface area contributed by atoms with Gasteiger partial charge in [0, 0.05) is 10.4 Å². The molecule has 3 rings (SSSR count). The van der Waals surface area contributed by atoms with Crippen LogP contribution in [0.4, 0.5) is 5.69 Å². The molecule has 2 N–H and O–H groups in total. The summed E-state index contributed by atoms with van der Waals surface area (Å²) in [5, 5.41) is 13.2. The summed E-state index contributed by atoms with van der Waals surface area (Å²) in [4.78, 5) is 3.66. The fraction of sp³-hybridized carbons (Fsp3) is 0.0714. The monoisotopic (exact) mass is 318 g/mol. The molecule has 20 heavy (non-hydrogen) atoms. The van der Waals surface area contributed by atoms with Gasteiger partial charge in [-0.25, -0.2) is 0 Å². The van der Waals surface area contributed by atoms with Crippen molar-refractivity contribution in [1.82, 2.24) is 0 Å². The maximum Gasteiger partial charge on any atom is 0.138 e. The summed E-state index contributed by atoms with van der Waals surface area (Å²) in [6.07, 6.45) is 0.